The summed E-state index contributed by atoms with van der Waals surface area (Å²) in [5.41, 5.74) is 6.56. The zero-order chi connectivity index (χ0) is 15.5. The molecule has 0 bridgehead atoms. The zero-order valence-corrected chi connectivity index (χ0v) is 13.8. The summed E-state index contributed by atoms with van der Waals surface area (Å²) in [7, 11) is -1.80. The van der Waals surface area contributed by atoms with Crippen molar-refractivity contribution in [3.8, 4) is 0 Å². The average Bonchev–Trinajstić information content (AvgIpc) is 2.49. The molecule has 0 unspecified atom stereocenters. The van der Waals surface area contributed by atoms with Crippen LogP contribution in [0.25, 0.3) is 0 Å². The van der Waals surface area contributed by atoms with Crippen molar-refractivity contribution in [3.63, 3.8) is 0 Å². The molecule has 0 atom stereocenters. The number of nitrogens with zero attached hydrogens (tertiary/aromatic N) is 2. The predicted molar refractivity (Wildman–Crippen MR) is 85.2 cm³/mol. The van der Waals surface area contributed by atoms with Crippen LogP contribution in [0.4, 0.5) is 0 Å². The summed E-state index contributed by atoms with van der Waals surface area (Å²) in [5, 5.41) is 0.646. The molecule has 7 heteroatoms. The molecule has 1 aliphatic heterocycles. The minimum atomic E-state index is -3.41. The zero-order valence-electron chi connectivity index (χ0n) is 12.2. The number of hydrogen-bond acceptors (Lipinski definition) is 3. The first-order chi connectivity index (χ1) is 9.93. The number of piperidine rings is 1. The number of hydrogen-bond donors (Lipinski definition) is 1. The van der Waals surface area contributed by atoms with E-state index in [1.54, 1.807) is 23.5 Å². The maximum atomic E-state index is 12.5. The lowest BCUT2D eigenvalue weighted by atomic mass is 9.99. The lowest BCUT2D eigenvalue weighted by Crippen LogP contribution is -2.46. The van der Waals surface area contributed by atoms with Gasteiger partial charge in [-0.3, -0.25) is 0 Å². The van der Waals surface area contributed by atoms with Crippen molar-refractivity contribution in [3.05, 3.63) is 34.9 Å². The normalized spacial score (nSPS) is 18.3. The molecule has 2 N–H and O–H groups in total. The standard InChI is InChI=1S/C14H22ClN3O2S/c1-17(11-13-2-4-14(15)5-3-13)21(19,20)18-8-6-12(10-16)7-9-18/h2-5,12H,6-11,16H2,1H3. The van der Waals surface area contributed by atoms with E-state index in [1.807, 2.05) is 12.1 Å². The van der Waals surface area contributed by atoms with Gasteiger partial charge in [0.1, 0.15) is 0 Å². The molecule has 118 valence electrons. The average molecular weight is 332 g/mol. The minimum Gasteiger partial charge on any atom is -0.330 e. The Morgan fingerprint density at radius 2 is 1.86 bits per heavy atom. The molecule has 5 nitrogen and oxygen atoms in total. The Morgan fingerprint density at radius 3 is 2.38 bits per heavy atom. The van der Waals surface area contributed by atoms with Gasteiger partial charge in [0.05, 0.1) is 0 Å². The Bertz CT molecular complexity index is 554. The van der Waals surface area contributed by atoms with E-state index in [2.05, 4.69) is 0 Å². The molecule has 0 radical (unpaired) electrons. The summed E-state index contributed by atoms with van der Waals surface area (Å²) in [6.45, 7) is 2.08. The van der Waals surface area contributed by atoms with Gasteiger partial charge in [0.25, 0.3) is 10.2 Å². The van der Waals surface area contributed by atoms with Crippen molar-refractivity contribution in [1.29, 1.82) is 0 Å². The second-order valence-corrected chi connectivity index (χ2v) is 7.94. The molecule has 0 aromatic heterocycles. The molecular weight excluding hydrogens is 310 g/mol. The highest BCUT2D eigenvalue weighted by molar-refractivity contribution is 7.86. The molecule has 0 amide bonds. The summed E-state index contributed by atoms with van der Waals surface area (Å²) < 4.78 is 28.0. The first kappa shape index (κ1) is 16.7. The summed E-state index contributed by atoms with van der Waals surface area (Å²) in [5.74, 6) is 0.443. The molecule has 1 aliphatic rings. The van der Waals surface area contributed by atoms with E-state index in [4.69, 9.17) is 17.3 Å². The fourth-order valence-corrected chi connectivity index (χ4v) is 4.01. The fraction of sp³-hybridized carbons (Fsp3) is 0.571. The Balaban J connectivity index is 2.00. The van der Waals surface area contributed by atoms with Crippen LogP contribution in [0.15, 0.2) is 24.3 Å². The highest BCUT2D eigenvalue weighted by Gasteiger charge is 2.30. The van der Waals surface area contributed by atoms with Crippen molar-refractivity contribution in [2.75, 3.05) is 26.7 Å². The van der Waals surface area contributed by atoms with Gasteiger partial charge >= 0.3 is 0 Å². The van der Waals surface area contributed by atoms with Crippen LogP contribution in [-0.4, -0.2) is 43.7 Å². The highest BCUT2D eigenvalue weighted by Crippen LogP contribution is 2.21. The maximum Gasteiger partial charge on any atom is 0.282 e. The van der Waals surface area contributed by atoms with Crippen molar-refractivity contribution in [1.82, 2.24) is 8.61 Å². The number of halogens is 1. The Morgan fingerprint density at radius 1 is 1.29 bits per heavy atom. The van der Waals surface area contributed by atoms with Gasteiger partial charge in [0.2, 0.25) is 0 Å². The molecule has 0 aliphatic carbocycles. The van der Waals surface area contributed by atoms with E-state index in [0.29, 0.717) is 37.1 Å². The van der Waals surface area contributed by atoms with Crippen molar-refractivity contribution in [2.45, 2.75) is 19.4 Å². The lowest BCUT2D eigenvalue weighted by molar-refractivity contribution is 0.262. The van der Waals surface area contributed by atoms with E-state index in [-0.39, 0.29) is 0 Å². The van der Waals surface area contributed by atoms with E-state index in [0.717, 1.165) is 18.4 Å². The van der Waals surface area contributed by atoms with Crippen LogP contribution in [0.2, 0.25) is 5.02 Å². The SMILES string of the molecule is CN(Cc1ccc(Cl)cc1)S(=O)(=O)N1CCC(CN)CC1. The molecule has 1 fully saturated rings. The predicted octanol–water partition coefficient (Wildman–Crippen LogP) is 1.69. The largest absolute Gasteiger partial charge is 0.330 e. The quantitative estimate of drug-likeness (QED) is 0.892. The summed E-state index contributed by atoms with van der Waals surface area (Å²) in [6, 6.07) is 7.22. The molecule has 21 heavy (non-hydrogen) atoms. The maximum absolute atomic E-state index is 12.5. The fourth-order valence-electron chi connectivity index (χ4n) is 2.50. The van der Waals surface area contributed by atoms with Crippen LogP contribution in [0, 0.1) is 5.92 Å². The van der Waals surface area contributed by atoms with Gasteiger partial charge in [-0.05, 0) is 43.0 Å². The Hall–Kier alpha value is -0.660. The third-order valence-electron chi connectivity index (χ3n) is 3.95. The van der Waals surface area contributed by atoms with Crippen LogP contribution in [0.3, 0.4) is 0 Å². The Kier molecular flexibility index (Phi) is 5.62. The molecule has 1 saturated heterocycles. The van der Waals surface area contributed by atoms with Crippen LogP contribution < -0.4 is 5.73 Å². The third-order valence-corrected chi connectivity index (χ3v) is 6.13. The number of benzene rings is 1. The first-order valence-corrected chi connectivity index (χ1v) is 8.87. The van der Waals surface area contributed by atoms with E-state index >= 15 is 0 Å². The minimum absolute atomic E-state index is 0.344. The lowest BCUT2D eigenvalue weighted by Gasteiger charge is -2.33. The second-order valence-electron chi connectivity index (χ2n) is 5.47. The van der Waals surface area contributed by atoms with Gasteiger partial charge in [-0.15, -0.1) is 0 Å². The van der Waals surface area contributed by atoms with Gasteiger partial charge in [0, 0.05) is 31.7 Å². The van der Waals surface area contributed by atoms with Crippen LogP contribution in [-0.2, 0) is 16.8 Å². The number of nitrogens with two attached hydrogens (primary N) is 1. The summed E-state index contributed by atoms with van der Waals surface area (Å²) in [4.78, 5) is 0. The molecule has 0 saturated carbocycles. The molecule has 0 spiro atoms. The van der Waals surface area contributed by atoms with Crippen molar-refractivity contribution >= 4 is 21.8 Å². The topological polar surface area (TPSA) is 66.6 Å². The van der Waals surface area contributed by atoms with Gasteiger partial charge < -0.3 is 5.73 Å². The van der Waals surface area contributed by atoms with E-state index in [1.165, 1.54) is 4.31 Å². The molecule has 2 rings (SSSR count). The molecule has 1 aromatic carbocycles. The monoisotopic (exact) mass is 331 g/mol. The van der Waals surface area contributed by atoms with Crippen molar-refractivity contribution < 1.29 is 8.42 Å². The van der Waals surface area contributed by atoms with Crippen LogP contribution >= 0.6 is 11.6 Å². The van der Waals surface area contributed by atoms with Gasteiger partial charge in [-0.1, -0.05) is 23.7 Å². The smallest absolute Gasteiger partial charge is 0.282 e. The van der Waals surface area contributed by atoms with Crippen LogP contribution in [0.5, 0.6) is 0 Å². The second kappa shape index (κ2) is 7.07. The Labute approximate surface area is 131 Å². The van der Waals surface area contributed by atoms with Gasteiger partial charge in [-0.25, -0.2) is 0 Å². The van der Waals surface area contributed by atoms with E-state index < -0.39 is 10.2 Å². The first-order valence-electron chi connectivity index (χ1n) is 7.09. The molecular formula is C14H22ClN3O2S. The molecule has 1 heterocycles. The van der Waals surface area contributed by atoms with Gasteiger partial charge in [0.15, 0.2) is 0 Å². The van der Waals surface area contributed by atoms with E-state index in [9.17, 15) is 8.42 Å². The third kappa shape index (κ3) is 4.17. The van der Waals surface area contributed by atoms with Crippen molar-refractivity contribution in [2.24, 2.45) is 11.7 Å². The number of rotatable bonds is 5. The molecule has 1 aromatic rings. The summed E-state index contributed by atoms with van der Waals surface area (Å²) in [6.07, 6.45) is 1.68. The highest BCUT2D eigenvalue weighted by atomic mass is 35.5. The van der Waals surface area contributed by atoms with Crippen LogP contribution in [0.1, 0.15) is 18.4 Å². The van der Waals surface area contributed by atoms with Gasteiger partial charge in [-0.2, -0.15) is 17.0 Å². The summed E-state index contributed by atoms with van der Waals surface area (Å²) >= 11 is 5.84.